The van der Waals surface area contributed by atoms with Crippen molar-refractivity contribution in [1.82, 2.24) is 14.8 Å². The molecule has 8 heteroatoms. The molecule has 0 fully saturated rings. The normalized spacial score (nSPS) is 21.3. The number of fused-ring (bicyclic) bond motifs is 1. The molecule has 2 aliphatic rings. The largest absolute Gasteiger partial charge is 0.434 e. The fourth-order valence-electron chi connectivity index (χ4n) is 3.75. The number of allylic oxidation sites excluding steroid dienone is 2. The molecule has 1 aromatic carbocycles. The van der Waals surface area contributed by atoms with Crippen LogP contribution in [0.15, 0.2) is 41.9 Å². The highest BCUT2D eigenvalue weighted by molar-refractivity contribution is 6.00. The Hall–Kier alpha value is -2.77. The molecule has 0 amide bonds. The Balaban J connectivity index is 1.90. The van der Waals surface area contributed by atoms with Crippen molar-refractivity contribution in [2.75, 3.05) is 5.32 Å². The topological polar surface area (TPSA) is 69.0 Å². The molecule has 0 radical (unpaired) electrons. The summed E-state index contributed by atoms with van der Waals surface area (Å²) in [5.41, 5.74) is 1.58. The number of Topliss-reactive ketones (excluding diaryl/α,β-unsaturated/α-hetero) is 1. The first kappa shape index (κ1) is 16.7. The van der Waals surface area contributed by atoms with E-state index in [9.17, 15) is 13.6 Å². The Labute approximate surface area is 148 Å². The summed E-state index contributed by atoms with van der Waals surface area (Å²) >= 11 is 0. The number of rotatable bonds is 3. The van der Waals surface area contributed by atoms with Gasteiger partial charge in [-0.25, -0.2) is 4.68 Å². The van der Waals surface area contributed by atoms with Gasteiger partial charge in [-0.2, -0.15) is 18.9 Å². The van der Waals surface area contributed by atoms with Crippen molar-refractivity contribution in [3.05, 3.63) is 47.4 Å². The molecule has 0 saturated carbocycles. The van der Waals surface area contributed by atoms with Gasteiger partial charge in [0.25, 0.3) is 0 Å². The minimum Gasteiger partial charge on any atom is -0.434 e. The van der Waals surface area contributed by atoms with E-state index < -0.39 is 12.7 Å². The number of ketones is 1. The average molecular weight is 360 g/mol. The predicted molar refractivity (Wildman–Crippen MR) is 89.9 cm³/mol. The molecule has 0 bridgehead atoms. The monoisotopic (exact) mass is 360 g/mol. The predicted octanol–water partition coefficient (Wildman–Crippen LogP) is 3.54. The lowest BCUT2D eigenvalue weighted by molar-refractivity contribution is -0.118. The van der Waals surface area contributed by atoms with Crippen LogP contribution in [0.25, 0.3) is 0 Å². The lowest BCUT2D eigenvalue weighted by atomic mass is 9.73. The minimum atomic E-state index is -2.96. The second-order valence-corrected chi connectivity index (χ2v) is 7.31. The number of aromatic nitrogens is 3. The summed E-state index contributed by atoms with van der Waals surface area (Å²) in [6, 6.07) is 5.84. The number of para-hydroxylation sites is 1. The number of anilines is 1. The maximum atomic E-state index is 12.9. The van der Waals surface area contributed by atoms with Gasteiger partial charge in [-0.1, -0.05) is 32.0 Å². The third-order valence-electron chi connectivity index (χ3n) is 4.70. The molecule has 1 unspecified atom stereocenters. The van der Waals surface area contributed by atoms with Crippen LogP contribution in [0.3, 0.4) is 0 Å². The van der Waals surface area contributed by atoms with Crippen LogP contribution >= 0.6 is 0 Å². The van der Waals surface area contributed by atoms with Crippen molar-refractivity contribution in [3.63, 3.8) is 0 Å². The van der Waals surface area contributed by atoms with Crippen molar-refractivity contribution in [3.8, 4) is 5.75 Å². The quantitative estimate of drug-likeness (QED) is 0.907. The SMILES string of the molecule is CC1(C)CC(=O)C2=C(C1)Nc1ncnn1C2c1ccccc1OC(F)F. The van der Waals surface area contributed by atoms with Gasteiger partial charge in [-0.3, -0.25) is 4.79 Å². The van der Waals surface area contributed by atoms with Crippen LogP contribution in [0.2, 0.25) is 0 Å². The van der Waals surface area contributed by atoms with Crippen LogP contribution in [0.4, 0.5) is 14.7 Å². The third-order valence-corrected chi connectivity index (χ3v) is 4.70. The summed E-state index contributed by atoms with van der Waals surface area (Å²) in [7, 11) is 0. The van der Waals surface area contributed by atoms with Crippen LogP contribution in [-0.4, -0.2) is 27.2 Å². The zero-order valence-corrected chi connectivity index (χ0v) is 14.4. The Morgan fingerprint density at radius 1 is 1.31 bits per heavy atom. The van der Waals surface area contributed by atoms with Crippen LogP contribution in [0, 0.1) is 5.41 Å². The first-order chi connectivity index (χ1) is 12.4. The number of alkyl halides is 2. The van der Waals surface area contributed by atoms with Crippen molar-refractivity contribution in [1.29, 1.82) is 0 Å². The molecule has 1 aliphatic carbocycles. The minimum absolute atomic E-state index is 0.0262. The van der Waals surface area contributed by atoms with Crippen molar-refractivity contribution in [2.45, 2.75) is 39.3 Å². The molecule has 0 spiro atoms. The van der Waals surface area contributed by atoms with Gasteiger partial charge in [0, 0.05) is 23.3 Å². The molecule has 0 saturated heterocycles. The molecule has 2 aromatic rings. The molecule has 6 nitrogen and oxygen atoms in total. The number of hydrogen-bond donors (Lipinski definition) is 1. The van der Waals surface area contributed by atoms with Gasteiger partial charge in [-0.05, 0) is 17.9 Å². The number of benzene rings is 1. The Bertz CT molecular complexity index is 904. The van der Waals surface area contributed by atoms with E-state index >= 15 is 0 Å². The van der Waals surface area contributed by atoms with Crippen molar-refractivity contribution in [2.24, 2.45) is 5.41 Å². The summed E-state index contributed by atoms with van der Waals surface area (Å²) in [4.78, 5) is 17.1. The van der Waals surface area contributed by atoms with E-state index in [1.165, 1.54) is 12.4 Å². The van der Waals surface area contributed by atoms with E-state index in [1.807, 2.05) is 13.8 Å². The molecule has 1 aromatic heterocycles. The van der Waals surface area contributed by atoms with E-state index in [-0.39, 0.29) is 16.9 Å². The lowest BCUT2D eigenvalue weighted by Crippen LogP contribution is -2.36. The fraction of sp³-hybridized carbons (Fsp3) is 0.389. The number of ether oxygens (including phenoxy) is 1. The average Bonchev–Trinajstić information content (AvgIpc) is 3.00. The van der Waals surface area contributed by atoms with E-state index in [1.54, 1.807) is 22.9 Å². The summed E-state index contributed by atoms with van der Waals surface area (Å²) in [6.07, 6.45) is 2.42. The molecular formula is C18H18F2N4O2. The van der Waals surface area contributed by atoms with E-state index in [0.717, 1.165) is 5.70 Å². The fourth-order valence-corrected chi connectivity index (χ4v) is 3.75. The number of halogens is 2. The molecule has 1 N–H and O–H groups in total. The zero-order chi connectivity index (χ0) is 18.5. The van der Waals surface area contributed by atoms with Crippen molar-refractivity contribution >= 4 is 11.7 Å². The van der Waals surface area contributed by atoms with Crippen LogP contribution < -0.4 is 10.1 Å². The van der Waals surface area contributed by atoms with Crippen LogP contribution in [0.5, 0.6) is 5.75 Å². The second kappa shape index (κ2) is 5.89. The zero-order valence-electron chi connectivity index (χ0n) is 14.4. The molecule has 26 heavy (non-hydrogen) atoms. The van der Waals surface area contributed by atoms with Gasteiger partial charge in [0.2, 0.25) is 5.95 Å². The number of carbonyl (C=O) groups excluding carboxylic acids is 1. The highest BCUT2D eigenvalue weighted by Crippen LogP contribution is 2.46. The van der Waals surface area contributed by atoms with Gasteiger partial charge in [-0.15, -0.1) is 0 Å². The highest BCUT2D eigenvalue weighted by atomic mass is 19.3. The van der Waals surface area contributed by atoms with Gasteiger partial charge >= 0.3 is 6.61 Å². The smallest absolute Gasteiger partial charge is 0.387 e. The van der Waals surface area contributed by atoms with Crippen LogP contribution in [0.1, 0.15) is 38.3 Å². The maximum Gasteiger partial charge on any atom is 0.387 e. The number of nitrogens with one attached hydrogen (secondary N) is 1. The standard InChI is InChI=1S/C18H18F2N4O2/c1-18(2)7-11-14(12(25)8-18)15(24-17(23-11)21-9-22-24)10-5-3-4-6-13(10)26-16(19)20/h3-6,9,15-16H,7-8H2,1-2H3,(H,21,22,23). The highest BCUT2D eigenvalue weighted by Gasteiger charge is 2.42. The van der Waals surface area contributed by atoms with E-state index in [2.05, 4.69) is 15.4 Å². The first-order valence-corrected chi connectivity index (χ1v) is 8.32. The Kier molecular flexibility index (Phi) is 3.78. The molecule has 2 heterocycles. The molecule has 136 valence electrons. The summed E-state index contributed by atoms with van der Waals surface area (Å²) in [5.74, 6) is 0.480. The van der Waals surface area contributed by atoms with Gasteiger partial charge in [0.1, 0.15) is 18.1 Å². The summed E-state index contributed by atoms with van der Waals surface area (Å²) < 4.78 is 32.0. The lowest BCUT2D eigenvalue weighted by Gasteiger charge is -2.38. The van der Waals surface area contributed by atoms with E-state index in [4.69, 9.17) is 4.74 Å². The number of hydrogen-bond acceptors (Lipinski definition) is 5. The number of nitrogens with zero attached hydrogens (tertiary/aromatic N) is 3. The Morgan fingerprint density at radius 2 is 2.08 bits per heavy atom. The van der Waals surface area contributed by atoms with Gasteiger partial charge in [0.15, 0.2) is 5.78 Å². The summed E-state index contributed by atoms with van der Waals surface area (Å²) in [5, 5.41) is 7.39. The molecule has 1 atom stereocenters. The van der Waals surface area contributed by atoms with Gasteiger partial charge < -0.3 is 10.1 Å². The molecular weight excluding hydrogens is 342 g/mol. The van der Waals surface area contributed by atoms with Crippen molar-refractivity contribution < 1.29 is 18.3 Å². The third kappa shape index (κ3) is 2.75. The maximum absolute atomic E-state index is 12.9. The van der Waals surface area contributed by atoms with Crippen LogP contribution in [-0.2, 0) is 4.79 Å². The Morgan fingerprint density at radius 3 is 2.85 bits per heavy atom. The van der Waals surface area contributed by atoms with E-state index in [0.29, 0.717) is 29.9 Å². The number of carbonyl (C=O) groups is 1. The first-order valence-electron chi connectivity index (χ1n) is 8.32. The second-order valence-electron chi connectivity index (χ2n) is 7.31. The molecule has 1 aliphatic heterocycles. The molecule has 4 rings (SSSR count). The van der Waals surface area contributed by atoms with Gasteiger partial charge in [0.05, 0.1) is 0 Å². The summed E-state index contributed by atoms with van der Waals surface area (Å²) in [6.45, 7) is 1.10.